The van der Waals surface area contributed by atoms with Crippen molar-refractivity contribution in [1.29, 1.82) is 0 Å². The van der Waals surface area contributed by atoms with E-state index in [2.05, 4.69) is 0 Å². The summed E-state index contributed by atoms with van der Waals surface area (Å²) in [6, 6.07) is 5.27. The van der Waals surface area contributed by atoms with Gasteiger partial charge in [0.2, 0.25) is 0 Å². The third-order valence-electron chi connectivity index (χ3n) is 2.38. The molecule has 7 nitrogen and oxygen atoms in total. The zero-order chi connectivity index (χ0) is 14.0. The fourth-order valence-electron chi connectivity index (χ4n) is 1.50. The van der Waals surface area contributed by atoms with Crippen LogP contribution in [0.5, 0.6) is 0 Å². The van der Waals surface area contributed by atoms with Crippen LogP contribution >= 0.6 is 11.3 Å². The first kappa shape index (κ1) is 13.0. The molecular formula is C11H8N2O5S. The molecule has 0 spiro atoms. The maximum atomic E-state index is 11.6. The van der Waals surface area contributed by atoms with Crippen LogP contribution in [0.15, 0.2) is 35.3 Å². The van der Waals surface area contributed by atoms with Gasteiger partial charge >= 0.3 is 5.97 Å². The highest BCUT2D eigenvalue weighted by Crippen LogP contribution is 2.17. The number of hydrogen-bond donors (Lipinski definition) is 1. The summed E-state index contributed by atoms with van der Waals surface area (Å²) in [5.41, 5.74) is -0.564. The smallest absolute Gasteiger partial charge is 0.345 e. The average molecular weight is 280 g/mol. The van der Waals surface area contributed by atoms with Gasteiger partial charge in [0.1, 0.15) is 4.88 Å². The van der Waals surface area contributed by atoms with E-state index in [1.54, 1.807) is 6.07 Å². The fourth-order valence-corrected chi connectivity index (χ4v) is 2.34. The van der Waals surface area contributed by atoms with Crippen molar-refractivity contribution in [3.63, 3.8) is 0 Å². The van der Waals surface area contributed by atoms with Gasteiger partial charge in [-0.1, -0.05) is 0 Å². The Morgan fingerprint density at radius 3 is 2.68 bits per heavy atom. The molecule has 0 amide bonds. The zero-order valence-electron chi connectivity index (χ0n) is 9.48. The number of aromatic carboxylic acids is 1. The Hall–Kier alpha value is -2.48. The highest BCUT2D eigenvalue weighted by molar-refractivity contribution is 7.13. The molecule has 2 heterocycles. The van der Waals surface area contributed by atoms with Gasteiger partial charge in [0.25, 0.3) is 11.2 Å². The molecule has 0 aliphatic carbocycles. The van der Waals surface area contributed by atoms with E-state index in [4.69, 9.17) is 5.11 Å². The predicted octanol–water partition coefficient (Wildman–Crippen LogP) is 1.56. The summed E-state index contributed by atoms with van der Waals surface area (Å²) < 4.78 is 1.18. The molecule has 0 aliphatic heterocycles. The minimum atomic E-state index is -1.04. The first-order chi connectivity index (χ1) is 8.97. The van der Waals surface area contributed by atoms with Crippen LogP contribution in [0.3, 0.4) is 0 Å². The van der Waals surface area contributed by atoms with Crippen LogP contribution in [0, 0.1) is 10.1 Å². The second-order valence-electron chi connectivity index (χ2n) is 3.68. The summed E-state index contributed by atoms with van der Waals surface area (Å²) in [6.45, 7) is 0.110. The van der Waals surface area contributed by atoms with Crippen LogP contribution in [0.1, 0.15) is 14.5 Å². The molecular weight excluding hydrogens is 272 g/mol. The monoisotopic (exact) mass is 280 g/mol. The summed E-state index contributed by atoms with van der Waals surface area (Å²) in [6.07, 6.45) is 1.14. The SMILES string of the molecule is O=C(O)c1ccc(Cn2cc([N+](=O)[O-])ccc2=O)s1. The summed E-state index contributed by atoms with van der Waals surface area (Å²) in [7, 11) is 0. The Kier molecular flexibility index (Phi) is 3.43. The molecule has 8 heteroatoms. The number of rotatable bonds is 4. The van der Waals surface area contributed by atoms with Crippen molar-refractivity contribution in [2.24, 2.45) is 0 Å². The third-order valence-corrected chi connectivity index (χ3v) is 3.44. The van der Waals surface area contributed by atoms with Crippen LogP contribution in [-0.4, -0.2) is 20.6 Å². The number of nitro groups is 1. The molecule has 0 aromatic carbocycles. The average Bonchev–Trinajstić information content (AvgIpc) is 2.80. The van der Waals surface area contributed by atoms with Crippen molar-refractivity contribution in [3.8, 4) is 0 Å². The van der Waals surface area contributed by atoms with Gasteiger partial charge in [-0.3, -0.25) is 14.9 Å². The number of carboxylic acids is 1. The molecule has 0 unspecified atom stereocenters. The second-order valence-corrected chi connectivity index (χ2v) is 4.85. The number of carbonyl (C=O) groups is 1. The van der Waals surface area contributed by atoms with E-state index in [0.717, 1.165) is 29.7 Å². The van der Waals surface area contributed by atoms with Crippen LogP contribution in [0.4, 0.5) is 5.69 Å². The molecule has 0 saturated carbocycles. The topological polar surface area (TPSA) is 102 Å². The van der Waals surface area contributed by atoms with E-state index in [1.807, 2.05) is 0 Å². The first-order valence-corrected chi connectivity index (χ1v) is 5.96. The van der Waals surface area contributed by atoms with Crippen LogP contribution < -0.4 is 5.56 Å². The predicted molar refractivity (Wildman–Crippen MR) is 67.7 cm³/mol. The minimum absolute atomic E-state index is 0.110. The Bertz CT molecular complexity index is 703. The van der Waals surface area contributed by atoms with Gasteiger partial charge in [-0.05, 0) is 12.1 Å². The standard InChI is InChI=1S/C11H8N2O5S/c14-10-4-1-7(13(17)18)5-12(10)6-8-2-3-9(19-8)11(15)16/h1-5H,6H2,(H,15,16). The Labute approximate surface area is 110 Å². The molecule has 19 heavy (non-hydrogen) atoms. The zero-order valence-corrected chi connectivity index (χ0v) is 10.3. The lowest BCUT2D eigenvalue weighted by Crippen LogP contribution is -2.18. The Morgan fingerprint density at radius 2 is 2.11 bits per heavy atom. The minimum Gasteiger partial charge on any atom is -0.477 e. The van der Waals surface area contributed by atoms with Gasteiger partial charge in [-0.2, -0.15) is 0 Å². The second kappa shape index (κ2) is 5.02. The lowest BCUT2D eigenvalue weighted by molar-refractivity contribution is -0.385. The quantitative estimate of drug-likeness (QED) is 0.676. The van der Waals surface area contributed by atoms with Gasteiger partial charge in [0, 0.05) is 17.0 Å². The highest BCUT2D eigenvalue weighted by Gasteiger charge is 2.10. The third kappa shape index (κ3) is 2.86. The van der Waals surface area contributed by atoms with Gasteiger partial charge < -0.3 is 9.67 Å². The van der Waals surface area contributed by atoms with E-state index in [-0.39, 0.29) is 22.7 Å². The molecule has 0 saturated heterocycles. The normalized spacial score (nSPS) is 10.3. The van der Waals surface area contributed by atoms with Crippen LogP contribution in [0.25, 0.3) is 0 Å². The number of thiophene rings is 1. The van der Waals surface area contributed by atoms with Crippen molar-refractivity contribution >= 4 is 23.0 Å². The lowest BCUT2D eigenvalue weighted by atomic mass is 10.4. The first-order valence-electron chi connectivity index (χ1n) is 5.14. The van der Waals surface area contributed by atoms with Gasteiger partial charge in [-0.25, -0.2) is 4.79 Å². The van der Waals surface area contributed by atoms with Gasteiger partial charge in [0.15, 0.2) is 0 Å². The van der Waals surface area contributed by atoms with Crippen molar-refractivity contribution in [2.75, 3.05) is 0 Å². The molecule has 0 aliphatic rings. The molecule has 0 radical (unpaired) electrons. The molecule has 2 aromatic heterocycles. The maximum Gasteiger partial charge on any atom is 0.345 e. The van der Waals surface area contributed by atoms with E-state index in [1.165, 1.54) is 10.6 Å². The van der Waals surface area contributed by atoms with E-state index in [9.17, 15) is 19.7 Å². The van der Waals surface area contributed by atoms with Crippen molar-refractivity contribution < 1.29 is 14.8 Å². The summed E-state index contributed by atoms with van der Waals surface area (Å²) >= 11 is 1.03. The summed E-state index contributed by atoms with van der Waals surface area (Å²) in [4.78, 5) is 33.1. The number of aromatic nitrogens is 1. The van der Waals surface area contributed by atoms with Crippen molar-refractivity contribution in [1.82, 2.24) is 4.57 Å². The van der Waals surface area contributed by atoms with E-state index < -0.39 is 10.9 Å². The maximum absolute atomic E-state index is 11.6. The molecule has 0 atom stereocenters. The fraction of sp³-hybridized carbons (Fsp3) is 0.0909. The number of nitrogens with zero attached hydrogens (tertiary/aromatic N) is 2. The van der Waals surface area contributed by atoms with Gasteiger partial charge in [-0.15, -0.1) is 11.3 Å². The van der Waals surface area contributed by atoms with Crippen LogP contribution in [-0.2, 0) is 6.54 Å². The lowest BCUT2D eigenvalue weighted by Gasteiger charge is -2.02. The van der Waals surface area contributed by atoms with E-state index >= 15 is 0 Å². The molecule has 0 bridgehead atoms. The summed E-state index contributed by atoms with van der Waals surface area (Å²) in [5.74, 6) is -1.04. The molecule has 1 N–H and O–H groups in total. The Morgan fingerprint density at radius 1 is 1.37 bits per heavy atom. The van der Waals surface area contributed by atoms with Crippen LogP contribution in [0.2, 0.25) is 0 Å². The largest absolute Gasteiger partial charge is 0.477 e. The van der Waals surface area contributed by atoms with Crippen molar-refractivity contribution in [2.45, 2.75) is 6.54 Å². The molecule has 2 rings (SSSR count). The Balaban J connectivity index is 2.31. The number of hydrogen-bond acceptors (Lipinski definition) is 5. The van der Waals surface area contributed by atoms with Gasteiger partial charge in [0.05, 0.1) is 17.7 Å². The number of pyridine rings is 1. The summed E-state index contributed by atoms with van der Waals surface area (Å²) in [5, 5.41) is 19.4. The van der Waals surface area contributed by atoms with E-state index in [0.29, 0.717) is 4.88 Å². The molecule has 98 valence electrons. The molecule has 2 aromatic rings. The number of carboxylic acid groups (broad SMARTS) is 1. The molecule has 0 fully saturated rings. The van der Waals surface area contributed by atoms with Crippen molar-refractivity contribution in [3.05, 3.63) is 60.7 Å². The highest BCUT2D eigenvalue weighted by atomic mass is 32.1.